The van der Waals surface area contributed by atoms with E-state index in [9.17, 15) is 0 Å². The minimum atomic E-state index is -0.542. The number of anilines is 3. The van der Waals surface area contributed by atoms with E-state index in [0.29, 0.717) is 0 Å². The summed E-state index contributed by atoms with van der Waals surface area (Å²) in [4.78, 5) is 2.65. The Hall–Kier alpha value is -9.56. The van der Waals surface area contributed by atoms with Crippen LogP contribution in [0.5, 0.6) is 0 Å². The first-order valence-corrected chi connectivity index (χ1v) is 26.3. The Labute approximate surface area is 435 Å². The minimum Gasteiger partial charge on any atom is -0.309 e. The van der Waals surface area contributed by atoms with Gasteiger partial charge >= 0.3 is 0 Å². The molecule has 4 aliphatic carbocycles. The molecule has 0 radical (unpaired) electrons. The number of hydrogen-bond donors (Lipinski definition) is 0. The highest BCUT2D eigenvalue weighted by Crippen LogP contribution is 2.67. The molecule has 0 aliphatic heterocycles. The van der Waals surface area contributed by atoms with E-state index in [-0.39, 0.29) is 0 Å². The Bertz CT molecular complexity index is 4490. The van der Waals surface area contributed by atoms with Crippen molar-refractivity contribution >= 4 is 49.4 Å². The maximum absolute atomic E-state index is 2.65. The van der Waals surface area contributed by atoms with E-state index in [1.165, 1.54) is 132 Å². The molecule has 0 N–H and O–H groups in total. The molecule has 75 heavy (non-hydrogen) atoms. The summed E-state index contributed by atoms with van der Waals surface area (Å²) in [7, 11) is 0. The van der Waals surface area contributed by atoms with Crippen LogP contribution < -0.4 is 4.90 Å². The zero-order chi connectivity index (χ0) is 49.0. The topological polar surface area (TPSA) is 3.24 Å². The lowest BCUT2D eigenvalue weighted by molar-refractivity contribution is 0.793. The first-order chi connectivity index (χ1) is 37.2. The molecular formula is C74H45N. The van der Waals surface area contributed by atoms with Crippen molar-refractivity contribution in [3.05, 3.63) is 317 Å². The van der Waals surface area contributed by atoms with E-state index in [1.54, 1.807) is 0 Å². The fraction of sp³-hybridized carbons (Fsp3) is 0.0270. The molecule has 13 aromatic carbocycles. The molecule has 0 bridgehead atoms. The molecular weight excluding hydrogens is 903 g/mol. The molecule has 0 saturated carbocycles. The normalized spacial score (nSPS) is 14.1. The molecule has 13 aromatic rings. The molecule has 0 saturated heterocycles. The SMILES string of the molecule is c1ccc(-c2cc3c(cc2N(c2ccc4c5ccccc5c5ccccc5c4c2)c2cccc4c2-c2ccccc2C42c4ccccc4-c4ccccc42)C2(c4ccccc4-c4ccccc42)c2ccccc2-3)cc1. The largest absolute Gasteiger partial charge is 0.309 e. The van der Waals surface area contributed by atoms with Gasteiger partial charge in [-0.3, -0.25) is 0 Å². The summed E-state index contributed by atoms with van der Waals surface area (Å²) in [5.74, 6) is 0. The number of fused-ring (bicyclic) bond motifs is 26. The standard InChI is InChI=1S/C74H45N/c1-2-21-46(22-3-1)59-44-61-57-31-12-18-37-66(57)74(64-35-16-10-29-55(64)56-30-11-17-36-65(56)74)69(61)45-71(59)75(47-41-42-52-50-25-5-4-23-48(50)49-24-6-7-26-51(49)60(52)43-47)70-40-20-39-68-72(70)58-32-13-19-38-67(58)73(68)62-33-14-8-27-53(62)54-28-9-15-34-63(54)73/h1-45H. The Balaban J connectivity index is 1.04. The van der Waals surface area contributed by atoms with Crippen LogP contribution >= 0.6 is 0 Å². The van der Waals surface area contributed by atoms with Crippen LogP contribution in [0.4, 0.5) is 17.1 Å². The molecule has 0 unspecified atom stereocenters. The molecule has 17 rings (SSSR count). The van der Waals surface area contributed by atoms with E-state index in [4.69, 9.17) is 0 Å². The zero-order valence-corrected chi connectivity index (χ0v) is 40.9. The van der Waals surface area contributed by atoms with E-state index in [0.717, 1.165) is 17.1 Å². The first kappa shape index (κ1) is 41.0. The molecule has 0 aromatic heterocycles. The van der Waals surface area contributed by atoms with Crippen LogP contribution in [-0.4, -0.2) is 0 Å². The molecule has 4 aliphatic rings. The van der Waals surface area contributed by atoms with Crippen LogP contribution in [0.15, 0.2) is 273 Å². The van der Waals surface area contributed by atoms with Crippen molar-refractivity contribution in [1.82, 2.24) is 0 Å². The Kier molecular flexibility index (Phi) is 8.20. The smallest absolute Gasteiger partial charge is 0.0726 e. The minimum absolute atomic E-state index is 0.511. The predicted octanol–water partition coefficient (Wildman–Crippen LogP) is 19.0. The van der Waals surface area contributed by atoms with Crippen molar-refractivity contribution in [2.45, 2.75) is 10.8 Å². The van der Waals surface area contributed by atoms with Crippen LogP contribution in [0.3, 0.4) is 0 Å². The molecule has 0 atom stereocenters. The summed E-state index contributed by atoms with van der Waals surface area (Å²) in [5, 5.41) is 7.54. The number of rotatable bonds is 4. The van der Waals surface area contributed by atoms with Crippen molar-refractivity contribution in [3.63, 3.8) is 0 Å². The van der Waals surface area contributed by atoms with Crippen LogP contribution in [0.2, 0.25) is 0 Å². The van der Waals surface area contributed by atoms with Gasteiger partial charge in [0.2, 0.25) is 0 Å². The van der Waals surface area contributed by atoms with Crippen LogP contribution in [-0.2, 0) is 10.8 Å². The van der Waals surface area contributed by atoms with Gasteiger partial charge < -0.3 is 4.90 Å². The maximum Gasteiger partial charge on any atom is 0.0726 e. The van der Waals surface area contributed by atoms with Gasteiger partial charge in [-0.25, -0.2) is 0 Å². The van der Waals surface area contributed by atoms with Crippen LogP contribution in [0.1, 0.15) is 44.5 Å². The van der Waals surface area contributed by atoms with Crippen molar-refractivity contribution in [1.29, 1.82) is 0 Å². The lowest BCUT2D eigenvalue weighted by atomic mass is 9.70. The Morgan fingerprint density at radius 3 is 1.12 bits per heavy atom. The van der Waals surface area contributed by atoms with Crippen molar-refractivity contribution in [2.24, 2.45) is 0 Å². The third-order valence-corrected chi connectivity index (χ3v) is 17.7. The van der Waals surface area contributed by atoms with Gasteiger partial charge in [-0.1, -0.05) is 243 Å². The average molecular weight is 948 g/mol. The Morgan fingerprint density at radius 1 is 0.213 bits per heavy atom. The summed E-state index contributed by atoms with van der Waals surface area (Å²) in [6, 6.07) is 104. The van der Waals surface area contributed by atoms with Crippen LogP contribution in [0.25, 0.3) is 88.0 Å². The third kappa shape index (κ3) is 5.12. The number of benzene rings is 13. The second kappa shape index (κ2) is 15.0. The van der Waals surface area contributed by atoms with Crippen molar-refractivity contribution in [2.75, 3.05) is 4.90 Å². The molecule has 1 heteroatoms. The second-order valence-corrected chi connectivity index (χ2v) is 20.9. The van der Waals surface area contributed by atoms with Gasteiger partial charge in [-0.2, -0.15) is 0 Å². The molecule has 0 heterocycles. The van der Waals surface area contributed by atoms with Gasteiger partial charge in [0, 0.05) is 16.8 Å². The number of nitrogens with zero attached hydrogens (tertiary/aromatic N) is 1. The van der Waals surface area contributed by atoms with Gasteiger partial charge in [0.1, 0.15) is 0 Å². The molecule has 1 nitrogen and oxygen atoms in total. The van der Waals surface area contributed by atoms with Gasteiger partial charge in [0.15, 0.2) is 0 Å². The summed E-state index contributed by atoms with van der Waals surface area (Å²) >= 11 is 0. The second-order valence-electron chi connectivity index (χ2n) is 20.9. The summed E-state index contributed by atoms with van der Waals surface area (Å²) in [6.45, 7) is 0. The average Bonchev–Trinajstić information content (AvgIpc) is 4.36. The monoisotopic (exact) mass is 947 g/mol. The van der Waals surface area contributed by atoms with Crippen molar-refractivity contribution < 1.29 is 0 Å². The lowest BCUT2D eigenvalue weighted by Crippen LogP contribution is -2.26. The van der Waals surface area contributed by atoms with Crippen molar-refractivity contribution in [3.8, 4) is 55.6 Å². The maximum atomic E-state index is 2.65. The van der Waals surface area contributed by atoms with E-state index >= 15 is 0 Å². The highest BCUT2D eigenvalue weighted by atomic mass is 15.1. The van der Waals surface area contributed by atoms with E-state index in [2.05, 4.69) is 278 Å². The highest BCUT2D eigenvalue weighted by Gasteiger charge is 2.54. The fourth-order valence-electron chi connectivity index (χ4n) is 14.9. The van der Waals surface area contributed by atoms with Gasteiger partial charge in [-0.15, -0.1) is 0 Å². The molecule has 0 fully saturated rings. The predicted molar refractivity (Wildman–Crippen MR) is 312 cm³/mol. The number of hydrogen-bond acceptors (Lipinski definition) is 1. The molecule has 2 spiro atoms. The van der Waals surface area contributed by atoms with Gasteiger partial charge in [0.25, 0.3) is 0 Å². The van der Waals surface area contributed by atoms with Gasteiger partial charge in [-0.05, 0) is 152 Å². The van der Waals surface area contributed by atoms with Crippen LogP contribution in [0, 0.1) is 0 Å². The summed E-state index contributed by atoms with van der Waals surface area (Å²) in [5.41, 5.74) is 25.6. The first-order valence-electron chi connectivity index (χ1n) is 26.3. The third-order valence-electron chi connectivity index (χ3n) is 17.7. The fourth-order valence-corrected chi connectivity index (χ4v) is 14.9. The lowest BCUT2D eigenvalue weighted by Gasteiger charge is -2.34. The summed E-state index contributed by atoms with van der Waals surface area (Å²) < 4.78 is 0. The van der Waals surface area contributed by atoms with E-state index < -0.39 is 10.8 Å². The molecule has 0 amide bonds. The van der Waals surface area contributed by atoms with Gasteiger partial charge in [0.05, 0.1) is 22.2 Å². The summed E-state index contributed by atoms with van der Waals surface area (Å²) in [6.07, 6.45) is 0. The van der Waals surface area contributed by atoms with E-state index in [1.807, 2.05) is 0 Å². The Morgan fingerprint density at radius 2 is 0.600 bits per heavy atom. The highest BCUT2D eigenvalue weighted by molar-refractivity contribution is 6.26. The zero-order valence-electron chi connectivity index (χ0n) is 40.9. The molecule has 346 valence electrons. The quantitative estimate of drug-likeness (QED) is 0.159.